The summed E-state index contributed by atoms with van der Waals surface area (Å²) in [5, 5.41) is 4.68. The van der Waals surface area contributed by atoms with Gasteiger partial charge in [0.1, 0.15) is 0 Å². The quantitative estimate of drug-likeness (QED) is 0.931. The lowest BCUT2D eigenvalue weighted by Gasteiger charge is -2.36. The van der Waals surface area contributed by atoms with Gasteiger partial charge in [0, 0.05) is 23.5 Å². The SMILES string of the molecule is Cc1nc(N2CC(C)OCC2C)sc1CNC(C)(C)C. The molecule has 0 saturated carbocycles. The van der Waals surface area contributed by atoms with Gasteiger partial charge in [0.15, 0.2) is 5.13 Å². The van der Waals surface area contributed by atoms with E-state index in [-0.39, 0.29) is 11.6 Å². The average molecular weight is 297 g/mol. The second-order valence-corrected chi connectivity index (χ2v) is 7.82. The van der Waals surface area contributed by atoms with Gasteiger partial charge in [-0.25, -0.2) is 4.98 Å². The first-order valence-electron chi connectivity index (χ1n) is 7.36. The van der Waals surface area contributed by atoms with Crippen LogP contribution in [0.25, 0.3) is 0 Å². The maximum Gasteiger partial charge on any atom is 0.186 e. The molecule has 1 aromatic rings. The summed E-state index contributed by atoms with van der Waals surface area (Å²) in [6.07, 6.45) is 0.284. The lowest BCUT2D eigenvalue weighted by Crippen LogP contribution is -2.47. The van der Waals surface area contributed by atoms with E-state index < -0.39 is 0 Å². The van der Waals surface area contributed by atoms with Crippen LogP contribution in [0, 0.1) is 6.92 Å². The van der Waals surface area contributed by atoms with Crippen LogP contribution in [0.2, 0.25) is 0 Å². The van der Waals surface area contributed by atoms with Crippen molar-refractivity contribution < 1.29 is 4.74 Å². The van der Waals surface area contributed by atoms with Crippen LogP contribution in [0.4, 0.5) is 5.13 Å². The van der Waals surface area contributed by atoms with Crippen molar-refractivity contribution in [3.63, 3.8) is 0 Å². The summed E-state index contributed by atoms with van der Waals surface area (Å²) >= 11 is 1.81. The molecule has 0 amide bonds. The third-order valence-electron chi connectivity index (χ3n) is 3.51. The fourth-order valence-corrected chi connectivity index (χ4v) is 3.33. The molecular weight excluding hydrogens is 270 g/mol. The molecule has 0 bridgehead atoms. The Kier molecular flexibility index (Phi) is 4.72. The molecule has 0 spiro atoms. The molecule has 0 radical (unpaired) electrons. The second-order valence-electron chi connectivity index (χ2n) is 6.75. The zero-order valence-electron chi connectivity index (χ0n) is 13.5. The summed E-state index contributed by atoms with van der Waals surface area (Å²) in [6, 6.07) is 0.403. The normalized spacial score (nSPS) is 24.2. The predicted molar refractivity (Wildman–Crippen MR) is 85.7 cm³/mol. The van der Waals surface area contributed by atoms with Gasteiger partial charge in [0.25, 0.3) is 0 Å². The number of hydrogen-bond donors (Lipinski definition) is 1. The molecule has 20 heavy (non-hydrogen) atoms. The van der Waals surface area contributed by atoms with Gasteiger partial charge in [0.2, 0.25) is 0 Å². The van der Waals surface area contributed by atoms with E-state index in [9.17, 15) is 0 Å². The van der Waals surface area contributed by atoms with Crippen LogP contribution in [-0.4, -0.2) is 35.8 Å². The van der Waals surface area contributed by atoms with Crippen molar-refractivity contribution in [3.8, 4) is 0 Å². The van der Waals surface area contributed by atoms with Crippen molar-refractivity contribution in [1.29, 1.82) is 0 Å². The van der Waals surface area contributed by atoms with E-state index in [1.165, 1.54) is 4.88 Å². The number of nitrogens with one attached hydrogen (secondary N) is 1. The first-order valence-corrected chi connectivity index (χ1v) is 8.17. The Labute approximate surface area is 126 Å². The molecule has 1 aliphatic heterocycles. The van der Waals surface area contributed by atoms with Crippen molar-refractivity contribution in [2.24, 2.45) is 0 Å². The number of morpholine rings is 1. The predicted octanol–water partition coefficient (Wildman–Crippen LogP) is 2.95. The molecule has 2 atom stereocenters. The third kappa shape index (κ3) is 3.93. The zero-order chi connectivity index (χ0) is 14.9. The number of anilines is 1. The van der Waals surface area contributed by atoms with Crippen molar-refractivity contribution in [3.05, 3.63) is 10.6 Å². The van der Waals surface area contributed by atoms with Crippen LogP contribution in [0.5, 0.6) is 0 Å². The van der Waals surface area contributed by atoms with E-state index >= 15 is 0 Å². The van der Waals surface area contributed by atoms with E-state index in [1.54, 1.807) is 0 Å². The fraction of sp³-hybridized carbons (Fsp3) is 0.800. The largest absolute Gasteiger partial charge is 0.375 e. The Bertz CT molecular complexity index is 452. The Morgan fingerprint density at radius 3 is 2.75 bits per heavy atom. The van der Waals surface area contributed by atoms with Crippen LogP contribution >= 0.6 is 11.3 Å². The van der Waals surface area contributed by atoms with Crippen LogP contribution < -0.4 is 10.2 Å². The van der Waals surface area contributed by atoms with E-state index in [4.69, 9.17) is 9.72 Å². The standard InChI is InChI=1S/C15H27N3OS/c1-10-9-19-11(2)8-18(10)14-17-12(3)13(20-14)7-16-15(4,5)6/h10-11,16H,7-9H2,1-6H3. The van der Waals surface area contributed by atoms with Crippen LogP contribution in [0.1, 0.15) is 45.2 Å². The number of aryl methyl sites for hydroxylation is 1. The van der Waals surface area contributed by atoms with Gasteiger partial charge >= 0.3 is 0 Å². The number of aromatic nitrogens is 1. The molecule has 114 valence electrons. The summed E-state index contributed by atoms with van der Waals surface area (Å²) in [4.78, 5) is 8.48. The van der Waals surface area contributed by atoms with Gasteiger partial charge in [-0.1, -0.05) is 0 Å². The summed E-state index contributed by atoms with van der Waals surface area (Å²) in [5.41, 5.74) is 1.28. The van der Waals surface area contributed by atoms with Gasteiger partial charge in [-0.15, -0.1) is 11.3 Å². The van der Waals surface area contributed by atoms with Gasteiger partial charge in [-0.2, -0.15) is 0 Å². The molecule has 1 fully saturated rings. The number of nitrogens with zero attached hydrogens (tertiary/aromatic N) is 2. The number of thiazole rings is 1. The number of rotatable bonds is 3. The smallest absolute Gasteiger partial charge is 0.186 e. The first kappa shape index (κ1) is 15.7. The fourth-order valence-electron chi connectivity index (χ4n) is 2.21. The second kappa shape index (κ2) is 6.00. The maximum atomic E-state index is 5.69. The molecule has 0 aromatic carbocycles. The monoisotopic (exact) mass is 297 g/mol. The Hall–Kier alpha value is -0.650. The van der Waals surface area contributed by atoms with Crippen molar-refractivity contribution in [1.82, 2.24) is 10.3 Å². The molecule has 1 aliphatic rings. The topological polar surface area (TPSA) is 37.4 Å². The Balaban J connectivity index is 2.10. The summed E-state index contributed by atoms with van der Waals surface area (Å²) in [7, 11) is 0. The van der Waals surface area contributed by atoms with Crippen molar-refractivity contribution in [2.75, 3.05) is 18.1 Å². The summed E-state index contributed by atoms with van der Waals surface area (Å²) in [5.74, 6) is 0. The highest BCUT2D eigenvalue weighted by atomic mass is 32.1. The number of ether oxygens (including phenoxy) is 1. The molecule has 2 rings (SSSR count). The van der Waals surface area contributed by atoms with Crippen LogP contribution in [-0.2, 0) is 11.3 Å². The van der Waals surface area contributed by atoms with E-state index in [0.29, 0.717) is 6.04 Å². The lowest BCUT2D eigenvalue weighted by molar-refractivity contribution is 0.0343. The number of hydrogen-bond acceptors (Lipinski definition) is 5. The van der Waals surface area contributed by atoms with Gasteiger partial charge in [-0.3, -0.25) is 0 Å². The minimum Gasteiger partial charge on any atom is -0.375 e. The molecule has 0 aliphatic carbocycles. The molecule has 5 heteroatoms. The molecule has 1 saturated heterocycles. The Morgan fingerprint density at radius 2 is 2.10 bits per heavy atom. The molecule has 2 unspecified atom stereocenters. The van der Waals surface area contributed by atoms with Crippen LogP contribution in [0.15, 0.2) is 0 Å². The van der Waals surface area contributed by atoms with Crippen LogP contribution in [0.3, 0.4) is 0 Å². The van der Waals surface area contributed by atoms with E-state index in [1.807, 2.05) is 11.3 Å². The minimum atomic E-state index is 0.136. The third-order valence-corrected chi connectivity index (χ3v) is 4.71. The maximum absolute atomic E-state index is 5.69. The van der Waals surface area contributed by atoms with Gasteiger partial charge in [-0.05, 0) is 41.5 Å². The van der Waals surface area contributed by atoms with Gasteiger partial charge in [0.05, 0.1) is 24.4 Å². The first-order chi connectivity index (χ1) is 9.26. The molecule has 1 N–H and O–H groups in total. The molecule has 1 aromatic heterocycles. The van der Waals surface area contributed by atoms with Crippen molar-refractivity contribution >= 4 is 16.5 Å². The highest BCUT2D eigenvalue weighted by Crippen LogP contribution is 2.29. The average Bonchev–Trinajstić information content (AvgIpc) is 2.70. The molecule has 2 heterocycles. The Morgan fingerprint density at radius 1 is 1.40 bits per heavy atom. The van der Waals surface area contributed by atoms with E-state index in [0.717, 1.165) is 30.5 Å². The highest BCUT2D eigenvalue weighted by Gasteiger charge is 2.26. The summed E-state index contributed by atoms with van der Waals surface area (Å²) < 4.78 is 5.69. The summed E-state index contributed by atoms with van der Waals surface area (Å²) in [6.45, 7) is 15.6. The lowest BCUT2D eigenvalue weighted by atomic mass is 10.1. The van der Waals surface area contributed by atoms with Gasteiger partial charge < -0.3 is 15.0 Å². The van der Waals surface area contributed by atoms with E-state index in [2.05, 4.69) is 51.8 Å². The zero-order valence-corrected chi connectivity index (χ0v) is 14.3. The molecular formula is C15H27N3OS. The molecule has 4 nitrogen and oxygen atoms in total. The minimum absolute atomic E-state index is 0.136. The highest BCUT2D eigenvalue weighted by molar-refractivity contribution is 7.15. The van der Waals surface area contributed by atoms with Crippen molar-refractivity contribution in [2.45, 2.75) is 65.8 Å².